The van der Waals surface area contributed by atoms with Crippen LogP contribution in [-0.4, -0.2) is 21.4 Å². The van der Waals surface area contributed by atoms with Gasteiger partial charge in [-0.25, -0.2) is 0 Å². The number of fused-ring (bicyclic) bond motifs is 1. The van der Waals surface area contributed by atoms with Crippen LogP contribution in [0, 0.1) is 0 Å². The lowest BCUT2D eigenvalue weighted by Crippen LogP contribution is -2.23. The Bertz CT molecular complexity index is 806. The van der Waals surface area contributed by atoms with Gasteiger partial charge in [0.2, 0.25) is 0 Å². The van der Waals surface area contributed by atoms with Crippen LogP contribution in [0.2, 0.25) is 5.15 Å². The maximum absolute atomic E-state index is 13.6. The third kappa shape index (κ3) is 2.62. The summed E-state index contributed by atoms with van der Waals surface area (Å²) in [6, 6.07) is 9.16. The number of pyridine rings is 1. The maximum Gasteiger partial charge on any atom is 0.401 e. The highest BCUT2D eigenvalue weighted by atomic mass is 35.5. The number of halogens is 4. The Morgan fingerprint density at radius 3 is 2.18 bits per heavy atom. The number of benzene rings is 1. The molecule has 0 amide bonds. The molecule has 3 aromatic rings. The Labute approximate surface area is 128 Å². The minimum absolute atomic E-state index is 0.0595. The first-order valence-corrected chi connectivity index (χ1v) is 6.73. The minimum Gasteiger partial charge on any atom is -0.265 e. The topological polar surface area (TPSA) is 38.7 Å². The van der Waals surface area contributed by atoms with Crippen molar-refractivity contribution in [3.8, 4) is 0 Å². The van der Waals surface area contributed by atoms with Crippen molar-refractivity contribution in [2.45, 2.75) is 12.1 Å². The van der Waals surface area contributed by atoms with E-state index in [0.717, 1.165) is 0 Å². The van der Waals surface area contributed by atoms with Crippen molar-refractivity contribution in [3.05, 3.63) is 65.2 Å². The average Bonchev–Trinajstić information content (AvgIpc) is 2.50. The van der Waals surface area contributed by atoms with E-state index in [0.29, 0.717) is 10.8 Å². The van der Waals surface area contributed by atoms with Gasteiger partial charge in [0.05, 0.1) is 5.69 Å². The lowest BCUT2D eigenvalue weighted by Gasteiger charge is -2.21. The molecule has 1 atom stereocenters. The van der Waals surface area contributed by atoms with Crippen molar-refractivity contribution in [1.29, 1.82) is 0 Å². The van der Waals surface area contributed by atoms with E-state index in [1.807, 2.05) is 0 Å². The van der Waals surface area contributed by atoms with Crippen molar-refractivity contribution in [3.63, 3.8) is 0 Å². The van der Waals surface area contributed by atoms with Gasteiger partial charge in [-0.1, -0.05) is 35.9 Å². The fourth-order valence-electron chi connectivity index (χ4n) is 2.36. The molecule has 1 aromatic carbocycles. The van der Waals surface area contributed by atoms with E-state index >= 15 is 0 Å². The molecule has 0 N–H and O–H groups in total. The summed E-state index contributed by atoms with van der Waals surface area (Å²) in [6.07, 6.45) is -1.87. The second kappa shape index (κ2) is 5.53. The van der Waals surface area contributed by atoms with E-state index < -0.39 is 12.1 Å². The van der Waals surface area contributed by atoms with Gasteiger partial charge in [-0.05, 0) is 17.7 Å². The number of rotatable bonds is 2. The molecule has 2 aromatic heterocycles. The molecule has 0 fully saturated rings. The Morgan fingerprint density at radius 2 is 1.55 bits per heavy atom. The SMILES string of the molecule is FC(F)(F)C(c1ccncc1)c1nnc(Cl)c2ccccc12. The zero-order valence-electron chi connectivity index (χ0n) is 11.0. The molecule has 112 valence electrons. The zero-order chi connectivity index (χ0) is 15.7. The largest absolute Gasteiger partial charge is 0.401 e. The standard InChI is InChI=1S/C15H9ClF3N3/c16-14-11-4-2-1-3-10(11)13(21-22-14)12(15(17,18)19)9-5-7-20-8-6-9/h1-8,12H. The Balaban J connectivity index is 2.28. The van der Waals surface area contributed by atoms with E-state index in [2.05, 4.69) is 15.2 Å². The van der Waals surface area contributed by atoms with E-state index in [4.69, 9.17) is 11.6 Å². The van der Waals surface area contributed by atoms with E-state index in [9.17, 15) is 13.2 Å². The van der Waals surface area contributed by atoms with E-state index in [1.165, 1.54) is 24.5 Å². The summed E-state index contributed by atoms with van der Waals surface area (Å²) in [5, 5.41) is 8.25. The molecule has 1 unspecified atom stereocenters. The Kier molecular flexibility index (Phi) is 3.70. The predicted octanol–water partition coefficient (Wildman–Crippen LogP) is 4.37. The van der Waals surface area contributed by atoms with Crippen molar-refractivity contribution in [2.75, 3.05) is 0 Å². The second-order valence-electron chi connectivity index (χ2n) is 4.68. The lowest BCUT2D eigenvalue weighted by atomic mass is 9.92. The monoisotopic (exact) mass is 323 g/mol. The molecule has 7 heteroatoms. The number of nitrogens with zero attached hydrogens (tertiary/aromatic N) is 3. The van der Waals surface area contributed by atoms with Crippen LogP contribution in [0.1, 0.15) is 17.2 Å². The molecule has 3 nitrogen and oxygen atoms in total. The first kappa shape index (κ1) is 14.7. The van der Waals surface area contributed by atoms with Crippen molar-refractivity contribution in [2.24, 2.45) is 0 Å². The highest BCUT2D eigenvalue weighted by Crippen LogP contribution is 2.41. The quantitative estimate of drug-likeness (QED) is 0.703. The predicted molar refractivity (Wildman–Crippen MR) is 76.7 cm³/mol. The highest BCUT2D eigenvalue weighted by molar-refractivity contribution is 6.34. The summed E-state index contributed by atoms with van der Waals surface area (Å²) in [5.74, 6) is -1.88. The number of aromatic nitrogens is 3. The number of alkyl halides is 3. The van der Waals surface area contributed by atoms with Crippen LogP contribution in [-0.2, 0) is 0 Å². The lowest BCUT2D eigenvalue weighted by molar-refractivity contribution is -0.141. The molecule has 0 aliphatic carbocycles. The minimum atomic E-state index is -4.51. The molecule has 0 aliphatic heterocycles. The third-order valence-electron chi connectivity index (χ3n) is 3.31. The molecule has 0 radical (unpaired) electrons. The van der Waals surface area contributed by atoms with Crippen LogP contribution >= 0.6 is 11.6 Å². The van der Waals surface area contributed by atoms with E-state index in [-0.39, 0.29) is 16.4 Å². The fourth-order valence-corrected chi connectivity index (χ4v) is 2.57. The highest BCUT2D eigenvalue weighted by Gasteiger charge is 2.44. The molecular weight excluding hydrogens is 315 g/mol. The van der Waals surface area contributed by atoms with Crippen LogP contribution in [0.4, 0.5) is 13.2 Å². The molecule has 0 spiro atoms. The normalized spacial score (nSPS) is 13.3. The van der Waals surface area contributed by atoms with Crippen molar-refractivity contribution < 1.29 is 13.2 Å². The first-order chi connectivity index (χ1) is 10.5. The van der Waals surface area contributed by atoms with Gasteiger partial charge in [-0.3, -0.25) is 4.98 Å². The van der Waals surface area contributed by atoms with Crippen LogP contribution in [0.3, 0.4) is 0 Å². The van der Waals surface area contributed by atoms with Crippen LogP contribution in [0.5, 0.6) is 0 Å². The summed E-state index contributed by atoms with van der Waals surface area (Å²) in [4.78, 5) is 3.76. The summed E-state index contributed by atoms with van der Waals surface area (Å²) in [7, 11) is 0. The fraction of sp³-hybridized carbons (Fsp3) is 0.133. The third-order valence-corrected chi connectivity index (χ3v) is 3.59. The Morgan fingerprint density at radius 1 is 0.909 bits per heavy atom. The number of hydrogen-bond donors (Lipinski definition) is 0. The molecule has 0 saturated carbocycles. The summed E-state index contributed by atoms with van der Waals surface area (Å²) < 4.78 is 40.8. The average molecular weight is 324 g/mol. The van der Waals surface area contributed by atoms with Gasteiger partial charge in [0.25, 0.3) is 0 Å². The molecular formula is C15H9ClF3N3. The van der Waals surface area contributed by atoms with Gasteiger partial charge < -0.3 is 0 Å². The molecule has 0 saturated heterocycles. The molecule has 0 bridgehead atoms. The molecule has 2 heterocycles. The van der Waals surface area contributed by atoms with Crippen LogP contribution in [0.25, 0.3) is 10.8 Å². The zero-order valence-corrected chi connectivity index (χ0v) is 11.8. The summed E-state index contributed by atoms with van der Waals surface area (Å²) in [5.41, 5.74) is -0.108. The molecule has 22 heavy (non-hydrogen) atoms. The van der Waals surface area contributed by atoms with Crippen LogP contribution < -0.4 is 0 Å². The first-order valence-electron chi connectivity index (χ1n) is 6.36. The molecule has 3 rings (SSSR count). The van der Waals surface area contributed by atoms with Crippen molar-refractivity contribution in [1.82, 2.24) is 15.2 Å². The molecule has 0 aliphatic rings. The summed E-state index contributed by atoms with van der Waals surface area (Å²) >= 11 is 5.93. The van der Waals surface area contributed by atoms with Gasteiger partial charge >= 0.3 is 6.18 Å². The van der Waals surface area contributed by atoms with Gasteiger partial charge in [0.1, 0.15) is 5.92 Å². The van der Waals surface area contributed by atoms with Gasteiger partial charge in [0, 0.05) is 23.2 Å². The van der Waals surface area contributed by atoms with Gasteiger partial charge in [-0.2, -0.15) is 18.3 Å². The van der Waals surface area contributed by atoms with Gasteiger partial charge in [-0.15, -0.1) is 5.10 Å². The van der Waals surface area contributed by atoms with Crippen molar-refractivity contribution >= 4 is 22.4 Å². The maximum atomic E-state index is 13.6. The smallest absolute Gasteiger partial charge is 0.265 e. The summed E-state index contributed by atoms with van der Waals surface area (Å²) in [6.45, 7) is 0. The number of hydrogen-bond acceptors (Lipinski definition) is 3. The van der Waals surface area contributed by atoms with Gasteiger partial charge in [0.15, 0.2) is 5.15 Å². The van der Waals surface area contributed by atoms with E-state index in [1.54, 1.807) is 24.3 Å². The second-order valence-corrected chi connectivity index (χ2v) is 5.03. The van der Waals surface area contributed by atoms with Crippen LogP contribution in [0.15, 0.2) is 48.8 Å². The Hall–Kier alpha value is -2.21.